The Morgan fingerprint density at radius 1 is 0.829 bits per heavy atom. The largest absolute Gasteiger partial charge is 0.378 e. The number of rotatable bonds is 6. The number of anilines is 4. The lowest BCUT2D eigenvalue weighted by Crippen LogP contribution is -2.33. The molecule has 0 spiro atoms. The Kier molecular flexibility index (Phi) is 6.42. The van der Waals surface area contributed by atoms with Gasteiger partial charge in [-0.2, -0.15) is 0 Å². The van der Waals surface area contributed by atoms with Crippen LogP contribution in [0.15, 0.2) is 72.4 Å². The lowest BCUT2D eigenvalue weighted by atomic mass is 10.0. The molecule has 1 heterocycles. The zero-order chi connectivity index (χ0) is 25.3. The van der Waals surface area contributed by atoms with E-state index in [0.29, 0.717) is 22.6 Å². The first-order valence-electron chi connectivity index (χ1n) is 11.3. The lowest BCUT2D eigenvalue weighted by Gasteiger charge is -2.18. The Bertz CT molecular complexity index is 1340. The van der Waals surface area contributed by atoms with Crippen molar-refractivity contribution in [3.63, 3.8) is 0 Å². The number of benzene rings is 3. The number of nitrogens with one attached hydrogen (secondary N) is 2. The van der Waals surface area contributed by atoms with E-state index in [1.807, 2.05) is 75.3 Å². The fraction of sp³-hybridized carbons (Fsp3) is 0.179. The van der Waals surface area contributed by atoms with E-state index in [9.17, 15) is 14.4 Å². The fourth-order valence-electron chi connectivity index (χ4n) is 4.00. The van der Waals surface area contributed by atoms with Crippen molar-refractivity contribution in [1.29, 1.82) is 0 Å². The normalized spacial score (nSPS) is 13.3. The van der Waals surface area contributed by atoms with Gasteiger partial charge in [0.05, 0.1) is 11.3 Å². The van der Waals surface area contributed by atoms with Crippen LogP contribution in [0.2, 0.25) is 0 Å². The van der Waals surface area contributed by atoms with Gasteiger partial charge in [-0.3, -0.25) is 14.4 Å². The molecule has 0 aliphatic carbocycles. The van der Waals surface area contributed by atoms with Gasteiger partial charge in [0.2, 0.25) is 5.91 Å². The molecule has 35 heavy (non-hydrogen) atoms. The summed E-state index contributed by atoms with van der Waals surface area (Å²) in [5, 5.41) is 5.92. The third-order valence-electron chi connectivity index (χ3n) is 5.84. The van der Waals surface area contributed by atoms with Crippen molar-refractivity contribution in [2.45, 2.75) is 20.8 Å². The number of carbonyl (C=O) groups excluding carboxylic acids is 3. The number of aryl methyl sites for hydroxylation is 2. The van der Waals surface area contributed by atoms with Crippen LogP contribution in [0.4, 0.5) is 22.7 Å². The van der Waals surface area contributed by atoms with Crippen LogP contribution in [-0.4, -0.2) is 31.8 Å². The van der Waals surface area contributed by atoms with Crippen LogP contribution in [0.5, 0.6) is 0 Å². The summed E-state index contributed by atoms with van der Waals surface area (Å²) in [6.07, 6.45) is 0. The van der Waals surface area contributed by atoms with Gasteiger partial charge in [-0.15, -0.1) is 0 Å². The van der Waals surface area contributed by atoms with E-state index in [2.05, 4.69) is 10.6 Å². The van der Waals surface area contributed by atoms with Gasteiger partial charge in [-0.25, -0.2) is 4.90 Å². The van der Waals surface area contributed by atoms with Gasteiger partial charge in [-0.05, 0) is 73.0 Å². The first-order valence-corrected chi connectivity index (χ1v) is 11.3. The van der Waals surface area contributed by atoms with Gasteiger partial charge in [0.1, 0.15) is 5.70 Å². The van der Waals surface area contributed by atoms with Crippen LogP contribution in [0.25, 0.3) is 5.57 Å². The van der Waals surface area contributed by atoms with Gasteiger partial charge in [0, 0.05) is 38.1 Å². The van der Waals surface area contributed by atoms with Gasteiger partial charge in [-0.1, -0.05) is 24.3 Å². The number of hydrogen-bond donors (Lipinski definition) is 2. The van der Waals surface area contributed by atoms with Crippen molar-refractivity contribution in [3.05, 3.63) is 89.1 Å². The van der Waals surface area contributed by atoms with Crippen LogP contribution in [0.1, 0.15) is 23.6 Å². The predicted octanol–water partition coefficient (Wildman–Crippen LogP) is 4.72. The summed E-state index contributed by atoms with van der Waals surface area (Å²) in [5.41, 5.74) is 5.74. The van der Waals surface area contributed by atoms with Crippen molar-refractivity contribution in [2.75, 3.05) is 34.5 Å². The standard InChI is InChI=1S/C28H28N4O3/c1-17-6-7-18(2)24(16-17)32-27(34)25(20-8-10-21(11-9-20)29-19(3)33)26(28(32)35)30-22-12-14-23(15-13-22)31(4)5/h6-16,30H,1-5H3,(H,29,33). The van der Waals surface area contributed by atoms with E-state index in [1.54, 1.807) is 24.3 Å². The highest BCUT2D eigenvalue weighted by atomic mass is 16.2. The number of amides is 3. The van der Waals surface area contributed by atoms with Crippen molar-refractivity contribution < 1.29 is 14.4 Å². The van der Waals surface area contributed by atoms with E-state index in [0.717, 1.165) is 16.8 Å². The van der Waals surface area contributed by atoms with Gasteiger partial charge in [0.15, 0.2) is 0 Å². The number of imide groups is 1. The Labute approximate surface area is 205 Å². The molecule has 0 atom stereocenters. The molecule has 4 rings (SSSR count). The maximum Gasteiger partial charge on any atom is 0.282 e. The first-order chi connectivity index (χ1) is 16.7. The second-order valence-corrected chi connectivity index (χ2v) is 8.81. The van der Waals surface area contributed by atoms with Crippen LogP contribution in [-0.2, 0) is 14.4 Å². The maximum absolute atomic E-state index is 13.7. The summed E-state index contributed by atoms with van der Waals surface area (Å²) in [7, 11) is 3.91. The Morgan fingerprint density at radius 3 is 2.06 bits per heavy atom. The van der Waals surface area contributed by atoms with Crippen LogP contribution < -0.4 is 20.4 Å². The summed E-state index contributed by atoms with van der Waals surface area (Å²) in [6.45, 7) is 5.23. The Balaban J connectivity index is 1.79. The summed E-state index contributed by atoms with van der Waals surface area (Å²) in [6, 6.07) is 20.2. The highest BCUT2D eigenvalue weighted by Gasteiger charge is 2.40. The molecule has 0 bridgehead atoms. The van der Waals surface area contributed by atoms with Gasteiger partial charge in [0.25, 0.3) is 11.8 Å². The third-order valence-corrected chi connectivity index (χ3v) is 5.84. The topological polar surface area (TPSA) is 81.8 Å². The molecular weight excluding hydrogens is 440 g/mol. The average Bonchev–Trinajstić information content (AvgIpc) is 3.05. The van der Waals surface area contributed by atoms with E-state index < -0.39 is 11.8 Å². The molecule has 1 aliphatic rings. The van der Waals surface area contributed by atoms with E-state index >= 15 is 0 Å². The second-order valence-electron chi connectivity index (χ2n) is 8.81. The third kappa shape index (κ3) is 4.80. The number of nitrogens with zero attached hydrogens (tertiary/aromatic N) is 2. The highest BCUT2D eigenvalue weighted by molar-refractivity contribution is 6.46. The molecule has 0 radical (unpaired) electrons. The smallest absolute Gasteiger partial charge is 0.282 e. The molecule has 3 aromatic carbocycles. The lowest BCUT2D eigenvalue weighted by molar-refractivity contribution is -0.120. The van der Waals surface area contributed by atoms with Crippen LogP contribution in [0, 0.1) is 13.8 Å². The van der Waals surface area contributed by atoms with Gasteiger partial charge < -0.3 is 15.5 Å². The summed E-state index contributed by atoms with van der Waals surface area (Å²) in [4.78, 5) is 42.0. The van der Waals surface area contributed by atoms with E-state index in [4.69, 9.17) is 0 Å². The minimum Gasteiger partial charge on any atom is -0.378 e. The minimum atomic E-state index is -0.415. The van der Waals surface area contributed by atoms with Crippen LogP contribution in [0.3, 0.4) is 0 Å². The molecule has 7 nitrogen and oxygen atoms in total. The molecule has 0 saturated heterocycles. The molecule has 0 unspecified atom stereocenters. The van der Waals surface area contributed by atoms with Crippen molar-refractivity contribution in [2.24, 2.45) is 0 Å². The molecule has 7 heteroatoms. The monoisotopic (exact) mass is 468 g/mol. The van der Waals surface area contributed by atoms with Crippen molar-refractivity contribution in [3.8, 4) is 0 Å². The average molecular weight is 469 g/mol. The van der Waals surface area contributed by atoms with E-state index in [1.165, 1.54) is 11.8 Å². The molecule has 178 valence electrons. The summed E-state index contributed by atoms with van der Waals surface area (Å²) >= 11 is 0. The predicted molar refractivity (Wildman–Crippen MR) is 140 cm³/mol. The Hall–Kier alpha value is -4.39. The Morgan fingerprint density at radius 2 is 1.46 bits per heavy atom. The highest BCUT2D eigenvalue weighted by Crippen LogP contribution is 2.36. The molecule has 0 fully saturated rings. The quantitative estimate of drug-likeness (QED) is 0.512. The zero-order valence-corrected chi connectivity index (χ0v) is 20.5. The molecule has 0 aromatic heterocycles. The van der Waals surface area contributed by atoms with Crippen molar-refractivity contribution in [1.82, 2.24) is 0 Å². The first kappa shape index (κ1) is 23.8. The van der Waals surface area contributed by atoms with E-state index in [-0.39, 0.29) is 17.2 Å². The molecule has 0 saturated carbocycles. The summed E-state index contributed by atoms with van der Waals surface area (Å²) in [5.74, 6) is -1.00. The second kappa shape index (κ2) is 9.46. The number of hydrogen-bond acceptors (Lipinski definition) is 5. The maximum atomic E-state index is 13.7. The van der Waals surface area contributed by atoms with Crippen LogP contribution >= 0.6 is 0 Å². The zero-order valence-electron chi connectivity index (χ0n) is 20.5. The van der Waals surface area contributed by atoms with Crippen molar-refractivity contribution >= 4 is 46.0 Å². The summed E-state index contributed by atoms with van der Waals surface area (Å²) < 4.78 is 0. The minimum absolute atomic E-state index is 0.186. The molecular formula is C28H28N4O3. The molecule has 2 N–H and O–H groups in total. The number of carbonyl (C=O) groups is 3. The molecule has 1 aliphatic heterocycles. The fourth-order valence-corrected chi connectivity index (χ4v) is 4.00. The molecule has 3 aromatic rings. The molecule has 3 amide bonds. The SMILES string of the molecule is CC(=O)Nc1ccc(C2=C(Nc3ccc(N(C)C)cc3)C(=O)N(c3cc(C)ccc3C)C2=O)cc1. The van der Waals surface area contributed by atoms with Gasteiger partial charge >= 0.3 is 0 Å².